The number of rotatable bonds is 0. The fraction of sp³-hybridized carbons (Fsp3) is 0.692. The highest BCUT2D eigenvalue weighted by Gasteiger charge is 2.26. The van der Waals surface area contributed by atoms with E-state index in [1.54, 1.807) is 0 Å². The number of hydrogen-bond donors (Lipinski definition) is 0. The molecule has 13 heavy (non-hydrogen) atoms. The van der Waals surface area contributed by atoms with Gasteiger partial charge in [0.25, 0.3) is 0 Å². The molecule has 0 N–H and O–H groups in total. The van der Waals surface area contributed by atoms with Crippen LogP contribution in [0.4, 0.5) is 0 Å². The first-order chi connectivity index (χ1) is 6.45. The zero-order chi connectivity index (χ0) is 8.67. The third kappa shape index (κ3) is 1.19. The van der Waals surface area contributed by atoms with E-state index in [0.29, 0.717) is 0 Å². The van der Waals surface area contributed by atoms with E-state index >= 15 is 0 Å². The van der Waals surface area contributed by atoms with Gasteiger partial charge in [-0.25, -0.2) is 0 Å². The molecule has 0 aromatic carbocycles. The zero-order valence-corrected chi connectivity index (χ0v) is 8.36. The van der Waals surface area contributed by atoms with Gasteiger partial charge >= 0.3 is 0 Å². The van der Waals surface area contributed by atoms with Gasteiger partial charge in [0.2, 0.25) is 0 Å². The highest BCUT2D eigenvalue weighted by atomic mass is 14.3. The van der Waals surface area contributed by atoms with Crippen LogP contribution >= 0.6 is 0 Å². The molecule has 0 aromatic rings. The van der Waals surface area contributed by atoms with Crippen molar-refractivity contribution in [1.82, 2.24) is 0 Å². The molecule has 0 aliphatic heterocycles. The molecule has 3 aliphatic rings. The summed E-state index contributed by atoms with van der Waals surface area (Å²) in [6.45, 7) is 0. The molecule has 0 unspecified atom stereocenters. The molecule has 0 saturated heterocycles. The van der Waals surface area contributed by atoms with Gasteiger partial charge in [0.05, 0.1) is 0 Å². The van der Waals surface area contributed by atoms with Crippen LogP contribution in [0.3, 0.4) is 0 Å². The zero-order valence-electron chi connectivity index (χ0n) is 8.36. The lowest BCUT2D eigenvalue weighted by Gasteiger charge is -2.18. The SMILES string of the molecule is C1CCC2=C(C1)CC1=C2CCCC1. The van der Waals surface area contributed by atoms with Crippen molar-refractivity contribution in [3.05, 3.63) is 22.3 Å². The Morgan fingerprint density at radius 3 is 1.54 bits per heavy atom. The molecule has 0 heteroatoms. The maximum Gasteiger partial charge on any atom is -0.00966 e. The van der Waals surface area contributed by atoms with Crippen molar-refractivity contribution in [2.24, 2.45) is 0 Å². The van der Waals surface area contributed by atoms with Crippen LogP contribution in [0.15, 0.2) is 22.3 Å². The molecule has 0 atom stereocenters. The van der Waals surface area contributed by atoms with Crippen LogP contribution in [-0.2, 0) is 0 Å². The minimum Gasteiger partial charge on any atom is -0.0627 e. The number of fused-ring (bicyclic) bond motifs is 1. The van der Waals surface area contributed by atoms with Gasteiger partial charge in [-0.2, -0.15) is 0 Å². The first-order valence-corrected chi connectivity index (χ1v) is 5.87. The fourth-order valence-electron chi connectivity index (χ4n) is 3.31. The van der Waals surface area contributed by atoms with E-state index < -0.39 is 0 Å². The van der Waals surface area contributed by atoms with Gasteiger partial charge in [-0.1, -0.05) is 11.1 Å². The molecule has 3 rings (SSSR count). The summed E-state index contributed by atoms with van der Waals surface area (Å²) in [6.07, 6.45) is 12.9. The summed E-state index contributed by atoms with van der Waals surface area (Å²) in [6, 6.07) is 0. The highest BCUT2D eigenvalue weighted by Crippen LogP contribution is 2.46. The highest BCUT2D eigenvalue weighted by molar-refractivity contribution is 5.49. The Labute approximate surface area is 80.7 Å². The second-order valence-electron chi connectivity index (χ2n) is 4.76. The molecule has 0 aromatic heterocycles. The summed E-state index contributed by atoms with van der Waals surface area (Å²) >= 11 is 0. The summed E-state index contributed by atoms with van der Waals surface area (Å²) in [5, 5.41) is 0. The fourth-order valence-corrected chi connectivity index (χ4v) is 3.31. The molecule has 70 valence electrons. The van der Waals surface area contributed by atoms with E-state index in [9.17, 15) is 0 Å². The Kier molecular flexibility index (Phi) is 1.81. The van der Waals surface area contributed by atoms with Crippen LogP contribution in [0.1, 0.15) is 57.8 Å². The van der Waals surface area contributed by atoms with Gasteiger partial charge in [-0.3, -0.25) is 0 Å². The molecule has 0 amide bonds. The molecule has 0 bridgehead atoms. The minimum atomic E-state index is 1.38. The lowest BCUT2D eigenvalue weighted by Crippen LogP contribution is -1.99. The van der Waals surface area contributed by atoms with Crippen molar-refractivity contribution in [1.29, 1.82) is 0 Å². The molecule has 0 spiro atoms. The summed E-state index contributed by atoms with van der Waals surface area (Å²) in [5.74, 6) is 0. The molecule has 0 fully saturated rings. The number of allylic oxidation sites excluding steroid dienone is 4. The topological polar surface area (TPSA) is 0 Å². The molecule has 0 heterocycles. The molecule has 0 nitrogen and oxygen atoms in total. The van der Waals surface area contributed by atoms with Crippen molar-refractivity contribution in [2.45, 2.75) is 57.8 Å². The standard InChI is InChI=1S/C13H18/c1-3-7-12-10(5-1)9-11-6-2-4-8-13(11)12/h1-9H2. The minimum absolute atomic E-state index is 1.38. The Morgan fingerprint density at radius 1 is 0.538 bits per heavy atom. The van der Waals surface area contributed by atoms with Crippen LogP contribution in [0.25, 0.3) is 0 Å². The summed E-state index contributed by atoms with van der Waals surface area (Å²) in [5.41, 5.74) is 7.30. The Balaban J connectivity index is 1.95. The van der Waals surface area contributed by atoms with Crippen LogP contribution in [-0.4, -0.2) is 0 Å². The first-order valence-electron chi connectivity index (χ1n) is 5.87. The normalized spacial score (nSPS) is 27.7. The maximum absolute atomic E-state index is 1.83. The maximum atomic E-state index is 1.83. The Morgan fingerprint density at radius 2 is 1.00 bits per heavy atom. The second-order valence-corrected chi connectivity index (χ2v) is 4.76. The van der Waals surface area contributed by atoms with Crippen molar-refractivity contribution < 1.29 is 0 Å². The largest absolute Gasteiger partial charge is 0.0627 e. The molecular weight excluding hydrogens is 156 g/mol. The van der Waals surface area contributed by atoms with Gasteiger partial charge in [0.15, 0.2) is 0 Å². The van der Waals surface area contributed by atoms with E-state index in [1.807, 2.05) is 22.3 Å². The molecule has 0 saturated carbocycles. The van der Waals surface area contributed by atoms with E-state index in [1.165, 1.54) is 57.8 Å². The van der Waals surface area contributed by atoms with Gasteiger partial charge < -0.3 is 0 Å². The third-order valence-corrected chi connectivity index (χ3v) is 3.96. The average molecular weight is 174 g/mol. The summed E-state index contributed by atoms with van der Waals surface area (Å²) in [7, 11) is 0. The molecule has 0 radical (unpaired) electrons. The van der Waals surface area contributed by atoms with E-state index in [4.69, 9.17) is 0 Å². The lowest BCUT2D eigenvalue weighted by atomic mass is 9.87. The lowest BCUT2D eigenvalue weighted by molar-refractivity contribution is 0.664. The van der Waals surface area contributed by atoms with Crippen LogP contribution in [0, 0.1) is 0 Å². The predicted molar refractivity (Wildman–Crippen MR) is 55.6 cm³/mol. The first kappa shape index (κ1) is 7.84. The van der Waals surface area contributed by atoms with Crippen molar-refractivity contribution in [2.75, 3.05) is 0 Å². The van der Waals surface area contributed by atoms with E-state index in [2.05, 4.69) is 0 Å². The van der Waals surface area contributed by atoms with Crippen LogP contribution in [0.2, 0.25) is 0 Å². The predicted octanol–water partition coefficient (Wildman–Crippen LogP) is 4.13. The van der Waals surface area contributed by atoms with Crippen molar-refractivity contribution >= 4 is 0 Å². The summed E-state index contributed by atoms with van der Waals surface area (Å²) < 4.78 is 0. The molecule has 3 aliphatic carbocycles. The van der Waals surface area contributed by atoms with Crippen molar-refractivity contribution in [3.63, 3.8) is 0 Å². The van der Waals surface area contributed by atoms with Crippen LogP contribution in [0.5, 0.6) is 0 Å². The van der Waals surface area contributed by atoms with E-state index in [0.717, 1.165) is 0 Å². The Bertz CT molecular complexity index is 261. The van der Waals surface area contributed by atoms with Crippen LogP contribution < -0.4 is 0 Å². The second kappa shape index (κ2) is 3.01. The van der Waals surface area contributed by atoms with Gasteiger partial charge in [0, 0.05) is 0 Å². The summed E-state index contributed by atoms with van der Waals surface area (Å²) in [4.78, 5) is 0. The average Bonchev–Trinajstić information content (AvgIpc) is 2.56. The van der Waals surface area contributed by atoms with E-state index in [-0.39, 0.29) is 0 Å². The van der Waals surface area contributed by atoms with Crippen molar-refractivity contribution in [3.8, 4) is 0 Å². The van der Waals surface area contributed by atoms with Gasteiger partial charge in [0.1, 0.15) is 0 Å². The quantitative estimate of drug-likeness (QED) is 0.518. The van der Waals surface area contributed by atoms with Gasteiger partial charge in [-0.15, -0.1) is 0 Å². The third-order valence-electron chi connectivity index (χ3n) is 3.96. The number of hydrogen-bond acceptors (Lipinski definition) is 0. The Hall–Kier alpha value is -0.520. The van der Waals surface area contributed by atoms with Gasteiger partial charge in [-0.05, 0) is 68.9 Å². The smallest absolute Gasteiger partial charge is 0.00966 e. The molecular formula is C13H18. The monoisotopic (exact) mass is 174 g/mol.